The molecule has 0 aliphatic carbocycles. The van der Waals surface area contributed by atoms with Crippen molar-refractivity contribution in [2.45, 2.75) is 6.42 Å². The third-order valence-electron chi connectivity index (χ3n) is 3.16. The fraction of sp³-hybridized carbons (Fsp3) is 0.462. The molecule has 92 valence electrons. The van der Waals surface area contributed by atoms with Gasteiger partial charge in [-0.15, -0.1) is 0 Å². The van der Waals surface area contributed by atoms with Crippen LogP contribution >= 0.6 is 11.6 Å². The highest BCUT2D eigenvalue weighted by molar-refractivity contribution is 6.30. The van der Waals surface area contributed by atoms with E-state index in [0.717, 1.165) is 31.1 Å². The maximum Gasteiger partial charge on any atom is 0.228 e. The molecule has 17 heavy (non-hydrogen) atoms. The van der Waals surface area contributed by atoms with Gasteiger partial charge in [0.1, 0.15) is 0 Å². The number of halogens is 1. The first-order chi connectivity index (χ1) is 8.16. The number of carbonyl (C=O) groups is 1. The molecule has 1 aromatic rings. The quantitative estimate of drug-likeness (QED) is 0.882. The normalized spacial score (nSPS) is 15.4. The van der Waals surface area contributed by atoms with Crippen molar-refractivity contribution in [3.8, 4) is 0 Å². The molecule has 1 N–H and O–H groups in total. The monoisotopic (exact) mass is 252 g/mol. The fourth-order valence-corrected chi connectivity index (χ4v) is 1.96. The zero-order valence-corrected chi connectivity index (χ0v) is 10.7. The standard InChI is InChI=1S/C13H17ClN2O/c1-16(13(17)11-8-15-9-11)7-6-10-2-4-12(14)5-3-10/h2-5,11,15H,6-9H2,1H3. The van der Waals surface area contributed by atoms with Crippen LogP contribution in [-0.2, 0) is 11.2 Å². The topological polar surface area (TPSA) is 32.3 Å². The summed E-state index contributed by atoms with van der Waals surface area (Å²) in [4.78, 5) is 13.7. The molecule has 0 spiro atoms. The highest BCUT2D eigenvalue weighted by Crippen LogP contribution is 2.11. The Bertz CT molecular complexity index is 387. The maximum atomic E-state index is 11.9. The molecule has 0 saturated carbocycles. The molecule has 1 amide bonds. The molecule has 1 heterocycles. The smallest absolute Gasteiger partial charge is 0.228 e. The first kappa shape index (κ1) is 12.4. The Labute approximate surface area is 107 Å². The van der Waals surface area contributed by atoms with Gasteiger partial charge in [0.05, 0.1) is 5.92 Å². The Morgan fingerprint density at radius 1 is 1.41 bits per heavy atom. The van der Waals surface area contributed by atoms with E-state index in [9.17, 15) is 4.79 Å². The van der Waals surface area contributed by atoms with E-state index in [0.29, 0.717) is 0 Å². The molecule has 0 radical (unpaired) electrons. The summed E-state index contributed by atoms with van der Waals surface area (Å²) in [7, 11) is 1.87. The number of hydrogen-bond acceptors (Lipinski definition) is 2. The largest absolute Gasteiger partial charge is 0.345 e. The number of amides is 1. The minimum atomic E-state index is 0.185. The van der Waals surface area contributed by atoms with Crippen molar-refractivity contribution in [1.82, 2.24) is 10.2 Å². The van der Waals surface area contributed by atoms with Crippen molar-refractivity contribution in [3.63, 3.8) is 0 Å². The molecule has 1 aromatic carbocycles. The van der Waals surface area contributed by atoms with Gasteiger partial charge in [0.2, 0.25) is 5.91 Å². The number of nitrogens with zero attached hydrogens (tertiary/aromatic N) is 1. The second-order valence-electron chi connectivity index (χ2n) is 4.49. The first-order valence-corrected chi connectivity index (χ1v) is 6.25. The van der Waals surface area contributed by atoms with Gasteiger partial charge >= 0.3 is 0 Å². The summed E-state index contributed by atoms with van der Waals surface area (Å²) in [5.41, 5.74) is 1.21. The van der Waals surface area contributed by atoms with Gasteiger partial charge in [-0.25, -0.2) is 0 Å². The molecule has 0 aromatic heterocycles. The Morgan fingerprint density at radius 3 is 2.59 bits per heavy atom. The van der Waals surface area contributed by atoms with Crippen molar-refractivity contribution in [2.75, 3.05) is 26.7 Å². The van der Waals surface area contributed by atoms with Gasteiger partial charge in [0.25, 0.3) is 0 Å². The van der Waals surface area contributed by atoms with Gasteiger partial charge < -0.3 is 10.2 Å². The SMILES string of the molecule is CN(CCc1ccc(Cl)cc1)C(=O)C1CNC1. The van der Waals surface area contributed by atoms with Crippen LogP contribution in [0.5, 0.6) is 0 Å². The lowest BCUT2D eigenvalue weighted by molar-refractivity contribution is -0.135. The van der Waals surface area contributed by atoms with Crippen molar-refractivity contribution >= 4 is 17.5 Å². The van der Waals surface area contributed by atoms with Crippen LogP contribution in [0.25, 0.3) is 0 Å². The second kappa shape index (κ2) is 5.52. The van der Waals surface area contributed by atoms with Crippen molar-refractivity contribution in [3.05, 3.63) is 34.9 Å². The van der Waals surface area contributed by atoms with E-state index in [2.05, 4.69) is 5.32 Å². The average Bonchev–Trinajstić information content (AvgIpc) is 2.25. The van der Waals surface area contributed by atoms with Gasteiger partial charge in [-0.05, 0) is 24.1 Å². The minimum Gasteiger partial charge on any atom is -0.345 e. The van der Waals surface area contributed by atoms with Crippen molar-refractivity contribution in [1.29, 1.82) is 0 Å². The number of likely N-dealkylation sites (N-methyl/N-ethyl adjacent to an activating group) is 1. The highest BCUT2D eigenvalue weighted by atomic mass is 35.5. The minimum absolute atomic E-state index is 0.185. The van der Waals surface area contributed by atoms with Crippen molar-refractivity contribution in [2.24, 2.45) is 5.92 Å². The van der Waals surface area contributed by atoms with E-state index in [4.69, 9.17) is 11.6 Å². The summed E-state index contributed by atoms with van der Waals surface area (Å²) >= 11 is 5.82. The zero-order chi connectivity index (χ0) is 12.3. The summed E-state index contributed by atoms with van der Waals surface area (Å²) in [6.07, 6.45) is 0.875. The van der Waals surface area contributed by atoms with Crippen LogP contribution in [0.1, 0.15) is 5.56 Å². The Kier molecular flexibility index (Phi) is 4.02. The Hall–Kier alpha value is -1.06. The van der Waals surface area contributed by atoms with E-state index < -0.39 is 0 Å². The maximum absolute atomic E-state index is 11.9. The molecular formula is C13H17ClN2O. The molecule has 0 unspecified atom stereocenters. The lowest BCUT2D eigenvalue weighted by Crippen LogP contribution is -2.51. The van der Waals surface area contributed by atoms with Crippen LogP contribution in [-0.4, -0.2) is 37.5 Å². The van der Waals surface area contributed by atoms with E-state index >= 15 is 0 Å². The third-order valence-corrected chi connectivity index (χ3v) is 3.41. The lowest BCUT2D eigenvalue weighted by atomic mass is 10.0. The summed E-state index contributed by atoms with van der Waals surface area (Å²) in [5, 5.41) is 3.86. The molecule has 2 rings (SSSR count). The first-order valence-electron chi connectivity index (χ1n) is 5.87. The van der Waals surface area contributed by atoms with E-state index in [1.54, 1.807) is 0 Å². The third kappa shape index (κ3) is 3.20. The summed E-state index contributed by atoms with van der Waals surface area (Å²) < 4.78 is 0. The zero-order valence-electron chi connectivity index (χ0n) is 9.95. The van der Waals surface area contributed by atoms with Crippen LogP contribution in [0.4, 0.5) is 0 Å². The molecule has 3 nitrogen and oxygen atoms in total. The van der Waals surface area contributed by atoms with Crippen LogP contribution in [0, 0.1) is 5.92 Å². The van der Waals surface area contributed by atoms with E-state index in [1.807, 2.05) is 36.2 Å². The predicted octanol–water partition coefficient (Wildman–Crippen LogP) is 1.56. The lowest BCUT2D eigenvalue weighted by Gasteiger charge is -2.30. The average molecular weight is 253 g/mol. The molecule has 1 aliphatic heterocycles. The van der Waals surface area contributed by atoms with Crippen molar-refractivity contribution < 1.29 is 4.79 Å². The summed E-state index contributed by atoms with van der Waals surface area (Å²) in [6.45, 7) is 2.41. The van der Waals surface area contributed by atoms with Gasteiger partial charge in [0, 0.05) is 31.7 Å². The van der Waals surface area contributed by atoms with Crippen LogP contribution in [0.2, 0.25) is 5.02 Å². The van der Waals surface area contributed by atoms with E-state index in [1.165, 1.54) is 5.56 Å². The van der Waals surface area contributed by atoms with Gasteiger partial charge in [-0.3, -0.25) is 4.79 Å². The van der Waals surface area contributed by atoms with Crippen LogP contribution in [0.15, 0.2) is 24.3 Å². The number of hydrogen-bond donors (Lipinski definition) is 1. The molecule has 1 saturated heterocycles. The summed E-state index contributed by atoms with van der Waals surface area (Å²) in [5.74, 6) is 0.433. The molecule has 0 bridgehead atoms. The molecule has 4 heteroatoms. The fourth-order valence-electron chi connectivity index (χ4n) is 1.83. The molecule has 0 atom stereocenters. The molecule has 1 aliphatic rings. The number of carbonyl (C=O) groups excluding carboxylic acids is 1. The van der Waals surface area contributed by atoms with Crippen LogP contribution < -0.4 is 5.32 Å². The Balaban J connectivity index is 1.80. The second-order valence-corrected chi connectivity index (χ2v) is 4.93. The molecule has 1 fully saturated rings. The number of rotatable bonds is 4. The highest BCUT2D eigenvalue weighted by Gasteiger charge is 2.27. The van der Waals surface area contributed by atoms with Gasteiger partial charge in [0.15, 0.2) is 0 Å². The van der Waals surface area contributed by atoms with Gasteiger partial charge in [-0.1, -0.05) is 23.7 Å². The van der Waals surface area contributed by atoms with Gasteiger partial charge in [-0.2, -0.15) is 0 Å². The Morgan fingerprint density at radius 2 is 2.06 bits per heavy atom. The molecular weight excluding hydrogens is 236 g/mol. The number of benzene rings is 1. The number of nitrogens with one attached hydrogen (secondary N) is 1. The summed E-state index contributed by atoms with van der Waals surface area (Å²) in [6, 6.07) is 7.78. The van der Waals surface area contributed by atoms with Crippen LogP contribution in [0.3, 0.4) is 0 Å². The predicted molar refractivity (Wildman–Crippen MR) is 69.2 cm³/mol. The van der Waals surface area contributed by atoms with E-state index in [-0.39, 0.29) is 11.8 Å².